The van der Waals surface area contributed by atoms with E-state index in [4.69, 9.17) is 26.8 Å². The molecule has 0 heterocycles. The third kappa shape index (κ3) is 3.11. The van der Waals surface area contributed by atoms with Crippen molar-refractivity contribution in [3.63, 3.8) is 0 Å². The Balaban J connectivity index is 2.55. The maximum atomic E-state index is 12.8. The Bertz CT molecular complexity index is 671. The van der Waals surface area contributed by atoms with Crippen LogP contribution in [-0.2, 0) is 0 Å². The van der Waals surface area contributed by atoms with E-state index in [1.165, 1.54) is 7.11 Å². The minimum atomic E-state index is -0.245. The second-order valence-electron chi connectivity index (χ2n) is 4.33. The van der Waals surface area contributed by atoms with Crippen LogP contribution in [0.2, 0.25) is 5.02 Å². The van der Waals surface area contributed by atoms with Gasteiger partial charge in [0, 0.05) is 5.02 Å². The van der Waals surface area contributed by atoms with E-state index in [0.717, 1.165) is 0 Å². The molecule has 0 radical (unpaired) electrons. The van der Waals surface area contributed by atoms with Gasteiger partial charge < -0.3 is 15.2 Å². The highest BCUT2D eigenvalue weighted by molar-refractivity contribution is 6.31. The van der Waals surface area contributed by atoms with E-state index in [2.05, 4.69) is 0 Å². The molecule has 0 atom stereocenters. The summed E-state index contributed by atoms with van der Waals surface area (Å²) in [5.41, 5.74) is 7.07. The number of benzene rings is 2. The molecule has 2 aromatic carbocycles. The summed E-state index contributed by atoms with van der Waals surface area (Å²) >= 11 is 5.97. The second kappa shape index (κ2) is 6.50. The minimum Gasteiger partial charge on any atom is -0.496 e. The van der Waals surface area contributed by atoms with Gasteiger partial charge in [0.1, 0.15) is 5.75 Å². The summed E-state index contributed by atoms with van der Waals surface area (Å²) in [6.07, 6.45) is 0. The molecule has 110 valence electrons. The SMILES string of the molecule is CCOc1c(N)cccc1C(=O)c1cc(Cl)ccc1OC. The van der Waals surface area contributed by atoms with Crippen molar-refractivity contribution in [3.05, 3.63) is 52.5 Å². The van der Waals surface area contributed by atoms with E-state index in [-0.39, 0.29) is 5.78 Å². The molecular formula is C16H16ClNO3. The third-order valence-electron chi connectivity index (χ3n) is 2.98. The quantitative estimate of drug-likeness (QED) is 0.677. The average Bonchev–Trinajstić information content (AvgIpc) is 2.48. The number of nitrogen functional groups attached to an aromatic ring is 1. The van der Waals surface area contributed by atoms with E-state index in [1.807, 2.05) is 6.92 Å². The van der Waals surface area contributed by atoms with Gasteiger partial charge in [0.2, 0.25) is 5.78 Å². The molecule has 21 heavy (non-hydrogen) atoms. The Morgan fingerprint density at radius 3 is 2.67 bits per heavy atom. The predicted octanol–water partition coefficient (Wildman–Crippen LogP) is 3.56. The van der Waals surface area contributed by atoms with Gasteiger partial charge in [-0.3, -0.25) is 4.79 Å². The van der Waals surface area contributed by atoms with Crippen LogP contribution in [0.1, 0.15) is 22.8 Å². The first-order valence-corrected chi connectivity index (χ1v) is 6.85. The van der Waals surface area contributed by atoms with E-state index in [1.54, 1.807) is 36.4 Å². The molecule has 0 aromatic heterocycles. The van der Waals surface area contributed by atoms with Crippen LogP contribution in [0.4, 0.5) is 5.69 Å². The molecule has 0 saturated heterocycles. The summed E-state index contributed by atoms with van der Waals surface area (Å²) in [4.78, 5) is 12.8. The fourth-order valence-corrected chi connectivity index (χ4v) is 2.21. The zero-order valence-corrected chi connectivity index (χ0v) is 12.6. The zero-order valence-electron chi connectivity index (χ0n) is 11.9. The molecule has 0 unspecified atom stereocenters. The Kier molecular flexibility index (Phi) is 4.70. The van der Waals surface area contributed by atoms with Crippen LogP contribution in [-0.4, -0.2) is 19.5 Å². The van der Waals surface area contributed by atoms with Crippen LogP contribution in [0, 0.1) is 0 Å². The number of ketones is 1. The van der Waals surface area contributed by atoms with Gasteiger partial charge in [0.15, 0.2) is 5.75 Å². The van der Waals surface area contributed by atoms with Crippen LogP contribution >= 0.6 is 11.6 Å². The lowest BCUT2D eigenvalue weighted by Crippen LogP contribution is -2.09. The number of para-hydroxylation sites is 1. The van der Waals surface area contributed by atoms with Crippen LogP contribution in [0.25, 0.3) is 0 Å². The number of hydrogen-bond donors (Lipinski definition) is 1. The summed E-state index contributed by atoms with van der Waals surface area (Å²) < 4.78 is 10.7. The lowest BCUT2D eigenvalue weighted by molar-refractivity contribution is 0.103. The summed E-state index contributed by atoms with van der Waals surface area (Å²) in [6.45, 7) is 2.25. The van der Waals surface area contributed by atoms with Gasteiger partial charge in [-0.2, -0.15) is 0 Å². The van der Waals surface area contributed by atoms with Crippen LogP contribution in [0.5, 0.6) is 11.5 Å². The number of halogens is 1. The highest BCUT2D eigenvalue weighted by Gasteiger charge is 2.20. The van der Waals surface area contributed by atoms with Crippen molar-refractivity contribution in [1.82, 2.24) is 0 Å². The topological polar surface area (TPSA) is 61.5 Å². The monoisotopic (exact) mass is 305 g/mol. The molecule has 5 heteroatoms. The van der Waals surface area contributed by atoms with Crippen molar-refractivity contribution in [2.24, 2.45) is 0 Å². The van der Waals surface area contributed by atoms with E-state index in [0.29, 0.717) is 39.9 Å². The summed E-state index contributed by atoms with van der Waals surface area (Å²) in [6, 6.07) is 9.97. The number of carbonyl (C=O) groups excluding carboxylic acids is 1. The number of ether oxygens (including phenoxy) is 2. The Morgan fingerprint density at radius 1 is 1.24 bits per heavy atom. The molecule has 0 fully saturated rings. The molecule has 2 N–H and O–H groups in total. The van der Waals surface area contributed by atoms with Crippen molar-refractivity contribution in [2.75, 3.05) is 19.5 Å². The summed E-state index contributed by atoms with van der Waals surface area (Å²) in [7, 11) is 1.50. The summed E-state index contributed by atoms with van der Waals surface area (Å²) in [5.74, 6) is 0.589. The predicted molar refractivity (Wildman–Crippen MR) is 83.5 cm³/mol. The van der Waals surface area contributed by atoms with Gasteiger partial charge in [-0.15, -0.1) is 0 Å². The zero-order chi connectivity index (χ0) is 15.4. The second-order valence-corrected chi connectivity index (χ2v) is 4.77. The highest BCUT2D eigenvalue weighted by atomic mass is 35.5. The van der Waals surface area contributed by atoms with Crippen LogP contribution in [0.3, 0.4) is 0 Å². The number of hydrogen-bond acceptors (Lipinski definition) is 4. The number of nitrogens with two attached hydrogens (primary N) is 1. The van der Waals surface area contributed by atoms with E-state index < -0.39 is 0 Å². The van der Waals surface area contributed by atoms with Gasteiger partial charge in [-0.1, -0.05) is 17.7 Å². The lowest BCUT2D eigenvalue weighted by Gasteiger charge is -2.13. The smallest absolute Gasteiger partial charge is 0.200 e. The van der Waals surface area contributed by atoms with Crippen LogP contribution in [0.15, 0.2) is 36.4 Å². The molecule has 0 bridgehead atoms. The first-order chi connectivity index (χ1) is 10.1. The molecule has 0 spiro atoms. The molecule has 0 aliphatic rings. The Hall–Kier alpha value is -2.20. The van der Waals surface area contributed by atoms with Gasteiger partial charge in [-0.25, -0.2) is 0 Å². The molecule has 0 aliphatic heterocycles. The van der Waals surface area contributed by atoms with Crippen molar-refractivity contribution < 1.29 is 14.3 Å². The molecule has 0 saturated carbocycles. The Labute approximate surface area is 128 Å². The van der Waals surface area contributed by atoms with Crippen molar-refractivity contribution >= 4 is 23.1 Å². The van der Waals surface area contributed by atoms with E-state index >= 15 is 0 Å². The van der Waals surface area contributed by atoms with Gasteiger partial charge in [0.05, 0.1) is 30.5 Å². The van der Waals surface area contributed by atoms with Gasteiger partial charge >= 0.3 is 0 Å². The average molecular weight is 306 g/mol. The molecule has 4 nitrogen and oxygen atoms in total. The van der Waals surface area contributed by atoms with Crippen molar-refractivity contribution in [3.8, 4) is 11.5 Å². The van der Waals surface area contributed by atoms with E-state index in [9.17, 15) is 4.79 Å². The maximum absolute atomic E-state index is 12.8. The van der Waals surface area contributed by atoms with Crippen LogP contribution < -0.4 is 15.2 Å². The minimum absolute atomic E-state index is 0.245. The van der Waals surface area contributed by atoms with Gasteiger partial charge in [-0.05, 0) is 37.3 Å². The first kappa shape index (κ1) is 15.2. The number of rotatable bonds is 5. The first-order valence-electron chi connectivity index (χ1n) is 6.48. The molecule has 2 aromatic rings. The molecule has 0 amide bonds. The summed E-state index contributed by atoms with van der Waals surface area (Å²) in [5, 5.41) is 0.459. The Morgan fingerprint density at radius 2 is 2.00 bits per heavy atom. The highest BCUT2D eigenvalue weighted by Crippen LogP contribution is 2.32. The fraction of sp³-hybridized carbons (Fsp3) is 0.188. The normalized spacial score (nSPS) is 10.2. The van der Waals surface area contributed by atoms with Gasteiger partial charge in [0.25, 0.3) is 0 Å². The largest absolute Gasteiger partial charge is 0.496 e. The van der Waals surface area contributed by atoms with Crippen molar-refractivity contribution in [1.29, 1.82) is 0 Å². The molecule has 0 aliphatic carbocycles. The maximum Gasteiger partial charge on any atom is 0.200 e. The molecular weight excluding hydrogens is 290 g/mol. The van der Waals surface area contributed by atoms with Crippen molar-refractivity contribution in [2.45, 2.75) is 6.92 Å². The number of anilines is 1. The third-order valence-corrected chi connectivity index (χ3v) is 3.22. The number of carbonyl (C=O) groups is 1. The lowest BCUT2D eigenvalue weighted by atomic mass is 10.0. The fourth-order valence-electron chi connectivity index (χ4n) is 2.04. The standard InChI is InChI=1S/C16H16ClNO3/c1-3-21-16-11(5-4-6-13(16)18)15(19)12-9-10(17)7-8-14(12)20-2/h4-9H,3,18H2,1-2H3. The molecule has 2 rings (SSSR count). The number of methoxy groups -OCH3 is 1.